The topological polar surface area (TPSA) is 108 Å². The molecule has 1 fully saturated rings. The van der Waals surface area contributed by atoms with E-state index in [4.69, 9.17) is 9.84 Å². The van der Waals surface area contributed by atoms with Crippen molar-refractivity contribution in [3.8, 4) is 0 Å². The van der Waals surface area contributed by atoms with Gasteiger partial charge in [-0.05, 0) is 13.1 Å². The van der Waals surface area contributed by atoms with E-state index in [0.717, 1.165) is 17.9 Å². The van der Waals surface area contributed by atoms with Gasteiger partial charge in [-0.2, -0.15) is 5.10 Å². The van der Waals surface area contributed by atoms with E-state index in [0.29, 0.717) is 39.1 Å². The Morgan fingerprint density at radius 2 is 2.04 bits per heavy atom. The predicted molar refractivity (Wildman–Crippen MR) is 98.5 cm³/mol. The number of carboxylic acid groups (broad SMARTS) is 1. The van der Waals surface area contributed by atoms with E-state index in [1.807, 2.05) is 17.8 Å². The highest BCUT2D eigenvalue weighted by atomic mass is 16.5. The van der Waals surface area contributed by atoms with Crippen LogP contribution in [0.15, 0.2) is 6.07 Å². The molecule has 28 heavy (non-hydrogen) atoms. The number of likely N-dealkylation sites (N-methyl/N-ethyl adjacent to an activating group) is 1. The molecule has 0 aliphatic carbocycles. The smallest absolute Gasteiger partial charge is 0.303 e. The number of carboxylic acids is 1. The third-order valence-corrected chi connectivity index (χ3v) is 5.21. The Hall–Kier alpha value is -2.46. The SMILES string of the molecule is COCC(=O)N1CCN(C)C[C@@H]1C(=O)N1CCn2nc(CCC(=O)O)cc2C1. The van der Waals surface area contributed by atoms with Gasteiger partial charge in [-0.15, -0.1) is 0 Å². The number of ether oxygens (including phenoxy) is 1. The molecular weight excluding hydrogens is 366 g/mol. The lowest BCUT2D eigenvalue weighted by Gasteiger charge is -2.41. The van der Waals surface area contributed by atoms with Crippen LogP contribution in [-0.2, 0) is 38.6 Å². The molecule has 10 nitrogen and oxygen atoms in total. The minimum Gasteiger partial charge on any atom is -0.481 e. The molecule has 3 rings (SSSR count). The number of hydrogen-bond donors (Lipinski definition) is 1. The van der Waals surface area contributed by atoms with Crippen molar-refractivity contribution in [3.05, 3.63) is 17.5 Å². The van der Waals surface area contributed by atoms with Gasteiger partial charge in [-0.3, -0.25) is 19.1 Å². The lowest BCUT2D eigenvalue weighted by atomic mass is 10.1. The number of fused-ring (bicyclic) bond motifs is 1. The van der Waals surface area contributed by atoms with Crippen molar-refractivity contribution >= 4 is 17.8 Å². The van der Waals surface area contributed by atoms with Crippen molar-refractivity contribution in [1.29, 1.82) is 0 Å². The zero-order chi connectivity index (χ0) is 20.3. The minimum atomic E-state index is -0.856. The van der Waals surface area contributed by atoms with Crippen LogP contribution < -0.4 is 0 Å². The van der Waals surface area contributed by atoms with E-state index in [2.05, 4.69) is 10.00 Å². The number of hydrogen-bond acceptors (Lipinski definition) is 6. The maximum absolute atomic E-state index is 13.2. The van der Waals surface area contributed by atoms with Crippen LogP contribution >= 0.6 is 0 Å². The van der Waals surface area contributed by atoms with Gasteiger partial charge >= 0.3 is 5.97 Å². The number of amides is 2. The molecular formula is C18H27N5O5. The highest BCUT2D eigenvalue weighted by Gasteiger charge is 2.37. The fourth-order valence-corrected chi connectivity index (χ4v) is 3.72. The van der Waals surface area contributed by atoms with E-state index >= 15 is 0 Å². The molecule has 0 saturated carbocycles. The molecule has 2 aliphatic heterocycles. The Morgan fingerprint density at radius 1 is 1.25 bits per heavy atom. The lowest BCUT2D eigenvalue weighted by molar-refractivity contribution is -0.152. The average molecular weight is 393 g/mol. The first-order chi connectivity index (χ1) is 13.4. The van der Waals surface area contributed by atoms with Crippen LogP contribution in [0.5, 0.6) is 0 Å². The van der Waals surface area contributed by atoms with Crippen LogP contribution in [0.2, 0.25) is 0 Å². The third-order valence-electron chi connectivity index (χ3n) is 5.21. The van der Waals surface area contributed by atoms with E-state index < -0.39 is 12.0 Å². The molecule has 154 valence electrons. The summed E-state index contributed by atoms with van der Waals surface area (Å²) in [5.74, 6) is -1.10. The normalized spacial score (nSPS) is 20.1. The van der Waals surface area contributed by atoms with Gasteiger partial charge in [-0.25, -0.2) is 0 Å². The maximum atomic E-state index is 13.2. The number of carbonyl (C=O) groups excluding carboxylic acids is 2. The summed E-state index contributed by atoms with van der Waals surface area (Å²) < 4.78 is 6.80. The van der Waals surface area contributed by atoms with Gasteiger partial charge in [0, 0.05) is 39.7 Å². The summed E-state index contributed by atoms with van der Waals surface area (Å²) in [6.07, 6.45) is 0.403. The molecule has 0 aromatic carbocycles. The zero-order valence-corrected chi connectivity index (χ0v) is 16.3. The molecule has 1 aromatic heterocycles. The highest BCUT2D eigenvalue weighted by molar-refractivity contribution is 5.88. The molecule has 0 radical (unpaired) electrons. The predicted octanol–water partition coefficient (Wildman–Crippen LogP) is -0.968. The van der Waals surface area contributed by atoms with Crippen LogP contribution in [0.3, 0.4) is 0 Å². The highest BCUT2D eigenvalue weighted by Crippen LogP contribution is 2.19. The number of piperazine rings is 1. The quantitative estimate of drug-likeness (QED) is 0.663. The molecule has 2 aliphatic rings. The van der Waals surface area contributed by atoms with Crippen LogP contribution in [0.1, 0.15) is 17.8 Å². The Kier molecular flexibility index (Phi) is 6.30. The second-order valence-electron chi connectivity index (χ2n) is 7.30. The third kappa shape index (κ3) is 4.50. The standard InChI is InChI=1S/C18H27N5O5/c1-20-5-7-22(16(24)12-28-2)15(11-20)18(27)21-6-8-23-14(10-21)9-13(19-23)3-4-17(25)26/h9,15H,3-8,10-12H2,1-2H3,(H,25,26)/t15-/m1/s1. The van der Waals surface area contributed by atoms with Crippen molar-refractivity contribution in [2.24, 2.45) is 0 Å². The Bertz CT molecular complexity index is 749. The fourth-order valence-electron chi connectivity index (χ4n) is 3.72. The number of nitrogens with zero attached hydrogens (tertiary/aromatic N) is 5. The molecule has 1 aromatic rings. The summed E-state index contributed by atoms with van der Waals surface area (Å²) >= 11 is 0. The Balaban J connectivity index is 1.70. The number of aliphatic carboxylic acids is 1. The van der Waals surface area contributed by atoms with E-state index in [-0.39, 0.29) is 24.8 Å². The zero-order valence-electron chi connectivity index (χ0n) is 16.3. The van der Waals surface area contributed by atoms with Gasteiger partial charge in [0.1, 0.15) is 12.6 Å². The number of methoxy groups -OCH3 is 1. The summed E-state index contributed by atoms with van der Waals surface area (Å²) in [4.78, 5) is 41.8. The van der Waals surface area contributed by atoms with Crippen LogP contribution in [0, 0.1) is 0 Å². The largest absolute Gasteiger partial charge is 0.481 e. The maximum Gasteiger partial charge on any atom is 0.303 e. The number of aromatic nitrogens is 2. The summed E-state index contributed by atoms with van der Waals surface area (Å²) in [5.41, 5.74) is 1.61. The van der Waals surface area contributed by atoms with Gasteiger partial charge in [0.25, 0.3) is 0 Å². The van der Waals surface area contributed by atoms with E-state index in [1.165, 1.54) is 7.11 Å². The molecule has 1 atom stereocenters. The van der Waals surface area contributed by atoms with Gasteiger partial charge in [-0.1, -0.05) is 0 Å². The molecule has 0 unspecified atom stereocenters. The molecule has 3 heterocycles. The van der Waals surface area contributed by atoms with Crippen molar-refractivity contribution in [3.63, 3.8) is 0 Å². The first-order valence-electron chi connectivity index (χ1n) is 9.42. The monoisotopic (exact) mass is 393 g/mol. The molecule has 0 bridgehead atoms. The van der Waals surface area contributed by atoms with Gasteiger partial charge in [0.2, 0.25) is 11.8 Å². The first-order valence-corrected chi connectivity index (χ1v) is 9.42. The summed E-state index contributed by atoms with van der Waals surface area (Å²) in [5, 5.41) is 13.3. The molecule has 1 saturated heterocycles. The Morgan fingerprint density at radius 3 is 2.75 bits per heavy atom. The first kappa shape index (κ1) is 20.3. The minimum absolute atomic E-state index is 0.0318. The number of rotatable bonds is 6. The van der Waals surface area contributed by atoms with Crippen LogP contribution in [0.4, 0.5) is 0 Å². The molecule has 10 heteroatoms. The Labute approximate surface area is 163 Å². The van der Waals surface area contributed by atoms with E-state index in [1.54, 1.807) is 9.80 Å². The fraction of sp³-hybridized carbons (Fsp3) is 0.667. The number of carbonyl (C=O) groups is 3. The molecule has 2 amide bonds. The average Bonchev–Trinajstić information content (AvgIpc) is 3.08. The van der Waals surface area contributed by atoms with Gasteiger partial charge in [0.05, 0.1) is 30.9 Å². The number of aryl methyl sites for hydroxylation is 1. The lowest BCUT2D eigenvalue weighted by Crippen LogP contribution is -2.61. The van der Waals surface area contributed by atoms with Crippen molar-refractivity contribution < 1.29 is 24.2 Å². The molecule has 0 spiro atoms. The molecule has 1 N–H and O–H groups in total. The summed E-state index contributed by atoms with van der Waals surface area (Å²) in [6, 6.07) is 1.34. The van der Waals surface area contributed by atoms with Gasteiger partial charge in [0.15, 0.2) is 0 Å². The van der Waals surface area contributed by atoms with Crippen molar-refractivity contribution in [1.82, 2.24) is 24.5 Å². The van der Waals surface area contributed by atoms with Crippen molar-refractivity contribution in [2.75, 3.05) is 46.9 Å². The second-order valence-corrected chi connectivity index (χ2v) is 7.30. The second kappa shape index (κ2) is 8.70. The van der Waals surface area contributed by atoms with E-state index in [9.17, 15) is 14.4 Å². The van der Waals surface area contributed by atoms with Crippen LogP contribution in [-0.4, -0.2) is 100 Å². The summed E-state index contributed by atoms with van der Waals surface area (Å²) in [7, 11) is 3.41. The van der Waals surface area contributed by atoms with Gasteiger partial charge < -0.3 is 24.5 Å². The van der Waals surface area contributed by atoms with Crippen LogP contribution in [0.25, 0.3) is 0 Å². The summed E-state index contributed by atoms with van der Waals surface area (Å²) in [6.45, 7) is 3.16. The van der Waals surface area contributed by atoms with Crippen molar-refractivity contribution in [2.45, 2.75) is 32.0 Å².